The van der Waals surface area contributed by atoms with E-state index in [-0.39, 0.29) is 16.8 Å². The van der Waals surface area contributed by atoms with Gasteiger partial charge in [-0.15, -0.1) is 11.8 Å². The maximum Gasteiger partial charge on any atom is 0.236 e. The number of carbonyl (C=O) groups is 1. The van der Waals surface area contributed by atoms with Crippen LogP contribution in [0, 0.1) is 0 Å². The average molecular weight is 381 g/mol. The summed E-state index contributed by atoms with van der Waals surface area (Å²) in [4.78, 5) is 16.3. The molecule has 1 unspecified atom stereocenters. The first-order valence-electron chi connectivity index (χ1n) is 9.53. The number of likely N-dealkylation sites (tertiary alicyclic amines) is 1. The second-order valence-corrected chi connectivity index (χ2v) is 8.79. The maximum atomic E-state index is 13.1. The second kappa shape index (κ2) is 6.57. The molecular formula is C22H23NO3S. The van der Waals surface area contributed by atoms with Gasteiger partial charge in [0.1, 0.15) is 5.75 Å². The Balaban J connectivity index is 1.26. The molecule has 0 N–H and O–H groups in total. The lowest BCUT2D eigenvalue weighted by molar-refractivity contribution is -0.137. The molecule has 1 fully saturated rings. The summed E-state index contributed by atoms with van der Waals surface area (Å²) in [6.45, 7) is 2.23. The molecule has 3 aliphatic heterocycles. The summed E-state index contributed by atoms with van der Waals surface area (Å²) in [6.07, 6.45) is 2.55. The number of rotatable bonds is 2. The van der Waals surface area contributed by atoms with Gasteiger partial charge in [0.05, 0.1) is 24.6 Å². The second-order valence-electron chi connectivity index (χ2n) is 7.55. The van der Waals surface area contributed by atoms with E-state index in [1.165, 1.54) is 21.6 Å². The quantitative estimate of drug-likeness (QED) is 0.794. The molecule has 4 nitrogen and oxygen atoms in total. The molecule has 27 heavy (non-hydrogen) atoms. The first kappa shape index (κ1) is 17.1. The first-order chi connectivity index (χ1) is 13.2. The number of amides is 1. The van der Waals surface area contributed by atoms with Crippen LogP contribution >= 0.6 is 11.8 Å². The molecule has 0 bridgehead atoms. The normalized spacial score (nSPS) is 22.6. The summed E-state index contributed by atoms with van der Waals surface area (Å²) >= 11 is 1.69. The molecule has 3 heterocycles. The lowest BCUT2D eigenvalue weighted by Crippen LogP contribution is -2.47. The molecule has 5 rings (SSSR count). The van der Waals surface area contributed by atoms with Gasteiger partial charge in [0, 0.05) is 18.0 Å². The lowest BCUT2D eigenvalue weighted by Gasteiger charge is -2.40. The van der Waals surface area contributed by atoms with Crippen molar-refractivity contribution in [1.29, 1.82) is 0 Å². The highest BCUT2D eigenvalue weighted by Crippen LogP contribution is 2.45. The van der Waals surface area contributed by atoms with Crippen molar-refractivity contribution in [1.82, 2.24) is 4.90 Å². The number of benzene rings is 2. The topological polar surface area (TPSA) is 38.8 Å². The summed E-state index contributed by atoms with van der Waals surface area (Å²) in [5.41, 5.74) is 3.66. The number of ether oxygens (including phenoxy) is 2. The number of hydrogen-bond donors (Lipinski definition) is 0. The number of carbonyl (C=O) groups excluding carboxylic acids is 1. The SMILES string of the molecule is COc1ccc2c(c1)CC(C(=O)N1CCC3(CC1)OCc1ccccc13)S2. The van der Waals surface area contributed by atoms with E-state index in [1.54, 1.807) is 18.9 Å². The van der Waals surface area contributed by atoms with Crippen LogP contribution in [0.4, 0.5) is 0 Å². The number of nitrogens with zero attached hydrogens (tertiary/aromatic N) is 1. The van der Waals surface area contributed by atoms with Crippen LogP contribution in [0.25, 0.3) is 0 Å². The standard InChI is InChI=1S/C22H23NO3S/c1-25-17-6-7-19-16(12-17)13-20(27-19)21(24)23-10-8-22(9-11-23)18-5-3-2-4-15(18)14-26-22/h2-7,12,20H,8-11,13-14H2,1H3. The Morgan fingerprint density at radius 2 is 2.00 bits per heavy atom. The van der Waals surface area contributed by atoms with Gasteiger partial charge in [0.2, 0.25) is 5.91 Å². The van der Waals surface area contributed by atoms with Gasteiger partial charge in [-0.05, 0) is 54.2 Å². The third-order valence-electron chi connectivity index (χ3n) is 6.11. The molecule has 1 amide bonds. The lowest BCUT2D eigenvalue weighted by atomic mass is 9.83. The number of piperidine rings is 1. The van der Waals surface area contributed by atoms with Crippen molar-refractivity contribution in [2.45, 2.75) is 41.6 Å². The van der Waals surface area contributed by atoms with E-state index >= 15 is 0 Å². The van der Waals surface area contributed by atoms with Crippen LogP contribution in [0.3, 0.4) is 0 Å². The van der Waals surface area contributed by atoms with Crippen molar-refractivity contribution in [3.8, 4) is 5.75 Å². The van der Waals surface area contributed by atoms with Gasteiger partial charge >= 0.3 is 0 Å². The van der Waals surface area contributed by atoms with Crippen LogP contribution in [0.15, 0.2) is 47.4 Å². The Bertz CT molecular complexity index is 889. The number of methoxy groups -OCH3 is 1. The van der Waals surface area contributed by atoms with Gasteiger partial charge in [0.15, 0.2) is 0 Å². The highest BCUT2D eigenvalue weighted by molar-refractivity contribution is 8.01. The number of fused-ring (bicyclic) bond motifs is 3. The molecule has 0 saturated carbocycles. The third-order valence-corrected chi connectivity index (χ3v) is 7.42. The van der Waals surface area contributed by atoms with E-state index in [4.69, 9.17) is 9.47 Å². The smallest absolute Gasteiger partial charge is 0.236 e. The van der Waals surface area contributed by atoms with Crippen molar-refractivity contribution in [2.24, 2.45) is 0 Å². The van der Waals surface area contributed by atoms with Gasteiger partial charge < -0.3 is 14.4 Å². The van der Waals surface area contributed by atoms with Crippen LogP contribution in [-0.2, 0) is 28.2 Å². The zero-order valence-corrected chi connectivity index (χ0v) is 16.3. The highest BCUT2D eigenvalue weighted by atomic mass is 32.2. The Kier molecular flexibility index (Phi) is 4.17. The summed E-state index contributed by atoms with van der Waals surface area (Å²) in [5.74, 6) is 1.12. The Hall–Kier alpha value is -1.98. The Labute approximate surface area is 163 Å². The maximum absolute atomic E-state index is 13.1. The van der Waals surface area contributed by atoms with Crippen molar-refractivity contribution in [2.75, 3.05) is 20.2 Å². The third kappa shape index (κ3) is 2.84. The minimum Gasteiger partial charge on any atom is -0.497 e. The van der Waals surface area contributed by atoms with Crippen LogP contribution in [0.2, 0.25) is 0 Å². The van der Waals surface area contributed by atoms with E-state index in [1.807, 2.05) is 11.0 Å². The summed E-state index contributed by atoms with van der Waals surface area (Å²) in [6, 6.07) is 14.6. The number of hydrogen-bond acceptors (Lipinski definition) is 4. The van der Waals surface area contributed by atoms with E-state index in [9.17, 15) is 4.79 Å². The van der Waals surface area contributed by atoms with E-state index in [0.29, 0.717) is 6.61 Å². The summed E-state index contributed by atoms with van der Waals surface area (Å²) < 4.78 is 11.5. The van der Waals surface area contributed by atoms with E-state index in [2.05, 4.69) is 36.4 Å². The molecule has 140 valence electrons. The molecule has 1 atom stereocenters. The van der Waals surface area contributed by atoms with Crippen LogP contribution in [-0.4, -0.2) is 36.3 Å². The average Bonchev–Trinajstić information content (AvgIpc) is 3.30. The van der Waals surface area contributed by atoms with Crippen molar-refractivity contribution in [3.63, 3.8) is 0 Å². The van der Waals surface area contributed by atoms with E-state index in [0.717, 1.165) is 38.1 Å². The molecule has 3 aliphatic rings. The minimum atomic E-state index is -0.188. The summed E-state index contributed by atoms with van der Waals surface area (Å²) in [7, 11) is 1.68. The summed E-state index contributed by atoms with van der Waals surface area (Å²) in [5, 5.41) is -0.0158. The number of thioether (sulfide) groups is 1. The van der Waals surface area contributed by atoms with Gasteiger partial charge in [-0.25, -0.2) is 0 Å². The zero-order chi connectivity index (χ0) is 18.4. The highest BCUT2D eigenvalue weighted by Gasteiger charge is 2.44. The van der Waals surface area contributed by atoms with Gasteiger partial charge in [-0.3, -0.25) is 4.79 Å². The molecule has 5 heteroatoms. The molecule has 2 aromatic carbocycles. The van der Waals surface area contributed by atoms with Crippen molar-refractivity contribution in [3.05, 3.63) is 59.2 Å². The molecule has 0 aliphatic carbocycles. The zero-order valence-electron chi connectivity index (χ0n) is 15.4. The van der Waals surface area contributed by atoms with Crippen molar-refractivity contribution < 1.29 is 14.3 Å². The van der Waals surface area contributed by atoms with Gasteiger partial charge in [0.25, 0.3) is 0 Å². The fraction of sp³-hybridized carbons (Fsp3) is 0.409. The molecule has 2 aromatic rings. The molecule has 1 spiro atoms. The molecule has 0 aromatic heterocycles. The Morgan fingerprint density at radius 3 is 2.81 bits per heavy atom. The van der Waals surface area contributed by atoms with Gasteiger partial charge in [-0.2, -0.15) is 0 Å². The predicted octanol–water partition coefficient (Wildman–Crippen LogP) is 3.76. The Morgan fingerprint density at radius 1 is 1.19 bits per heavy atom. The van der Waals surface area contributed by atoms with Crippen LogP contribution in [0.5, 0.6) is 5.75 Å². The van der Waals surface area contributed by atoms with Crippen molar-refractivity contribution >= 4 is 17.7 Å². The first-order valence-corrected chi connectivity index (χ1v) is 10.4. The van der Waals surface area contributed by atoms with Crippen LogP contribution in [0.1, 0.15) is 29.5 Å². The molecule has 0 radical (unpaired) electrons. The minimum absolute atomic E-state index is 0.0158. The van der Waals surface area contributed by atoms with Gasteiger partial charge in [-0.1, -0.05) is 24.3 Å². The fourth-order valence-electron chi connectivity index (χ4n) is 4.58. The van der Waals surface area contributed by atoms with Crippen LogP contribution < -0.4 is 4.74 Å². The predicted molar refractivity (Wildman–Crippen MR) is 105 cm³/mol. The van der Waals surface area contributed by atoms with E-state index < -0.39 is 0 Å². The fourth-order valence-corrected chi connectivity index (χ4v) is 5.84. The monoisotopic (exact) mass is 381 g/mol. The molecule has 1 saturated heterocycles. The largest absolute Gasteiger partial charge is 0.497 e. The molecular weight excluding hydrogens is 358 g/mol.